The minimum atomic E-state index is -1.78. The molecule has 0 radical (unpaired) electrons. The molecular weight excluding hydrogens is 723 g/mol. The Labute approximate surface area is 322 Å². The summed E-state index contributed by atoms with van der Waals surface area (Å²) in [5.74, 6) is 1.39. The van der Waals surface area contributed by atoms with Gasteiger partial charge in [0, 0.05) is 23.8 Å². The van der Waals surface area contributed by atoms with Crippen LogP contribution in [0.2, 0.25) is 0 Å². The van der Waals surface area contributed by atoms with Gasteiger partial charge < -0.3 is 32.7 Å². The van der Waals surface area contributed by atoms with Gasteiger partial charge in [0.1, 0.15) is 34.9 Å². The van der Waals surface area contributed by atoms with E-state index in [1.165, 1.54) is 10.8 Å². The molecule has 0 amide bonds. The second-order valence-corrected chi connectivity index (χ2v) is 15.6. The zero-order valence-electron chi connectivity index (χ0n) is 32.3. The summed E-state index contributed by atoms with van der Waals surface area (Å²) < 4.78 is 48.2. The van der Waals surface area contributed by atoms with Gasteiger partial charge in [-0.05, 0) is 75.6 Å². The first-order valence-electron chi connectivity index (χ1n) is 18.3. The number of aryl methyl sites for hydroxylation is 1. The Morgan fingerprint density at radius 2 is 1.53 bits per heavy atom. The maximum atomic E-state index is 13.5. The number of H-pyrrole nitrogens is 1. The highest BCUT2D eigenvalue weighted by Gasteiger charge is 2.65. The fourth-order valence-corrected chi connectivity index (χ4v) is 9.00. The number of benzene rings is 3. The van der Waals surface area contributed by atoms with E-state index < -0.39 is 49.4 Å². The van der Waals surface area contributed by atoms with Crippen LogP contribution in [0.1, 0.15) is 62.6 Å². The SMILES string of the molecule is COc1ccc(C(OC[C@]23CO[C@H]2[C@@H](OP(OCCC#N)N(C(C)C)C(C)C)[C@H](n2cc(C)c(=O)[nH]c2=O)O3)(c2ccccc2)c2ccc(OC)cc2)cc1. The Kier molecular flexibility index (Phi) is 12.6. The van der Waals surface area contributed by atoms with Gasteiger partial charge in [-0.25, -0.2) is 9.46 Å². The second-order valence-electron chi connectivity index (χ2n) is 14.2. The van der Waals surface area contributed by atoms with Gasteiger partial charge >= 0.3 is 5.69 Å². The van der Waals surface area contributed by atoms with Crippen molar-refractivity contribution in [2.75, 3.05) is 34.0 Å². The van der Waals surface area contributed by atoms with Crippen LogP contribution in [0, 0.1) is 18.3 Å². The lowest BCUT2D eigenvalue weighted by atomic mass is 9.79. The first-order chi connectivity index (χ1) is 26.5. The van der Waals surface area contributed by atoms with Crippen LogP contribution in [0.4, 0.5) is 0 Å². The third kappa shape index (κ3) is 8.00. The Hall–Kier alpha value is -4.38. The first kappa shape index (κ1) is 40.3. The Morgan fingerprint density at radius 3 is 2.04 bits per heavy atom. The fourth-order valence-electron chi connectivity index (χ4n) is 7.28. The van der Waals surface area contributed by atoms with E-state index in [0.29, 0.717) is 17.1 Å². The minimum absolute atomic E-state index is 0.0166. The van der Waals surface area contributed by atoms with Crippen LogP contribution in [0.5, 0.6) is 11.5 Å². The van der Waals surface area contributed by atoms with E-state index in [1.807, 2.05) is 107 Å². The van der Waals surface area contributed by atoms with Crippen LogP contribution in [-0.2, 0) is 28.9 Å². The maximum Gasteiger partial charge on any atom is 0.330 e. The summed E-state index contributed by atoms with van der Waals surface area (Å²) in [5, 5.41) is 9.32. The van der Waals surface area contributed by atoms with Crippen molar-refractivity contribution < 1.29 is 32.7 Å². The average Bonchev–Trinajstić information content (AvgIpc) is 3.38. The zero-order valence-corrected chi connectivity index (χ0v) is 33.2. The molecule has 55 heavy (non-hydrogen) atoms. The Balaban J connectivity index is 1.46. The van der Waals surface area contributed by atoms with Crippen molar-refractivity contribution >= 4 is 8.53 Å². The normalized spacial score (nSPS) is 21.3. The van der Waals surface area contributed by atoms with E-state index in [2.05, 4.69) is 15.7 Å². The number of fused-ring (bicyclic) bond motifs is 1. The standard InChI is InChI=1S/C41H49N4O9P/c1-27(2)45(28(3)4)55(52-23-11-22-42)54-35-36-40(25-50-36,53-38(35)44-24-29(5)37(46)43-39(44)47)26-51-41(30-12-9-8-10-13-30,31-14-18-33(48-6)19-15-31)32-16-20-34(49-7)21-17-32/h8-10,12-21,24,27-28,35-36,38H,11,23,25-26H2,1-7H3,(H,43,46,47)/t35-,36+,38-,40-,55?/m1/s1. The molecule has 1 aromatic heterocycles. The smallest absolute Gasteiger partial charge is 0.330 e. The highest BCUT2D eigenvalue weighted by Crippen LogP contribution is 2.55. The van der Waals surface area contributed by atoms with Gasteiger partial charge in [-0.2, -0.15) is 5.26 Å². The molecule has 5 atom stereocenters. The van der Waals surface area contributed by atoms with Crippen LogP contribution in [-0.4, -0.2) is 78.2 Å². The van der Waals surface area contributed by atoms with E-state index in [4.69, 9.17) is 32.7 Å². The third-order valence-electron chi connectivity index (χ3n) is 9.96. The van der Waals surface area contributed by atoms with E-state index in [0.717, 1.165) is 16.7 Å². The maximum absolute atomic E-state index is 13.5. The first-order valence-corrected chi connectivity index (χ1v) is 19.5. The number of nitriles is 1. The highest BCUT2D eigenvalue weighted by molar-refractivity contribution is 7.44. The van der Waals surface area contributed by atoms with Crippen LogP contribution in [0.25, 0.3) is 0 Å². The zero-order chi connectivity index (χ0) is 39.3. The van der Waals surface area contributed by atoms with Gasteiger partial charge in [-0.1, -0.05) is 54.6 Å². The van der Waals surface area contributed by atoms with Crippen molar-refractivity contribution in [3.63, 3.8) is 0 Å². The molecule has 0 spiro atoms. The minimum Gasteiger partial charge on any atom is -0.497 e. The van der Waals surface area contributed by atoms with E-state index in [-0.39, 0.29) is 38.3 Å². The molecular formula is C41H49N4O9P. The predicted molar refractivity (Wildman–Crippen MR) is 207 cm³/mol. The number of nitrogens with zero attached hydrogens (tertiary/aromatic N) is 3. The van der Waals surface area contributed by atoms with Crippen molar-refractivity contribution in [2.45, 2.75) is 82.8 Å². The van der Waals surface area contributed by atoms with Gasteiger partial charge in [-0.3, -0.25) is 14.3 Å². The number of ether oxygens (including phenoxy) is 5. The molecule has 0 aliphatic carbocycles. The molecule has 1 N–H and O–H groups in total. The highest BCUT2D eigenvalue weighted by atomic mass is 31.2. The summed E-state index contributed by atoms with van der Waals surface area (Å²) in [5.41, 5.74) is -0.517. The molecule has 4 aromatic rings. The second kappa shape index (κ2) is 17.2. The molecule has 0 saturated carbocycles. The van der Waals surface area contributed by atoms with Gasteiger partial charge in [0.05, 0.1) is 46.5 Å². The average molecular weight is 773 g/mol. The summed E-state index contributed by atoms with van der Waals surface area (Å²) in [6.07, 6.45) is -0.959. The van der Waals surface area contributed by atoms with Crippen molar-refractivity contribution in [3.8, 4) is 17.6 Å². The van der Waals surface area contributed by atoms with Crippen molar-refractivity contribution in [3.05, 3.63) is 128 Å². The summed E-state index contributed by atoms with van der Waals surface area (Å²) in [7, 11) is 1.47. The predicted octanol–water partition coefficient (Wildman–Crippen LogP) is 6.20. The van der Waals surface area contributed by atoms with E-state index >= 15 is 0 Å². The lowest BCUT2D eigenvalue weighted by molar-refractivity contribution is -0.260. The number of aromatic amines is 1. The molecule has 292 valence electrons. The number of methoxy groups -OCH3 is 2. The monoisotopic (exact) mass is 772 g/mol. The molecule has 14 heteroatoms. The molecule has 1 unspecified atom stereocenters. The fraction of sp³-hybridized carbons (Fsp3) is 0.439. The lowest BCUT2D eigenvalue weighted by Gasteiger charge is -2.47. The third-order valence-corrected chi connectivity index (χ3v) is 12.1. The molecule has 3 aromatic carbocycles. The molecule has 3 heterocycles. The molecule has 2 aliphatic heterocycles. The van der Waals surface area contributed by atoms with Gasteiger partial charge in [0.25, 0.3) is 14.1 Å². The van der Waals surface area contributed by atoms with Crippen LogP contribution in [0.15, 0.2) is 94.6 Å². The molecule has 2 aliphatic rings. The largest absolute Gasteiger partial charge is 0.497 e. The number of nitrogens with one attached hydrogen (secondary N) is 1. The van der Waals surface area contributed by atoms with Crippen LogP contribution in [0.3, 0.4) is 0 Å². The van der Waals surface area contributed by atoms with Crippen molar-refractivity contribution in [1.82, 2.24) is 14.2 Å². The van der Waals surface area contributed by atoms with E-state index in [9.17, 15) is 14.9 Å². The van der Waals surface area contributed by atoms with E-state index in [1.54, 1.807) is 21.1 Å². The Morgan fingerprint density at radius 1 is 0.945 bits per heavy atom. The summed E-state index contributed by atoms with van der Waals surface area (Å²) >= 11 is 0. The number of rotatable bonds is 17. The van der Waals surface area contributed by atoms with Crippen molar-refractivity contribution in [1.29, 1.82) is 5.26 Å². The van der Waals surface area contributed by atoms with Gasteiger partial charge in [-0.15, -0.1) is 0 Å². The van der Waals surface area contributed by atoms with Crippen LogP contribution < -0.4 is 20.7 Å². The quantitative estimate of drug-likeness (QED) is 0.0744. The molecule has 13 nitrogen and oxygen atoms in total. The topological polar surface area (TPSA) is 146 Å². The summed E-state index contributed by atoms with van der Waals surface area (Å²) in [6.45, 7) is 10.1. The Bertz CT molecular complexity index is 1990. The molecule has 2 saturated heterocycles. The summed E-state index contributed by atoms with van der Waals surface area (Å²) in [6, 6.07) is 27.6. The lowest BCUT2D eigenvalue weighted by Crippen LogP contribution is -2.62. The van der Waals surface area contributed by atoms with Crippen LogP contribution >= 0.6 is 8.53 Å². The molecule has 2 fully saturated rings. The van der Waals surface area contributed by atoms with Gasteiger partial charge in [0.15, 0.2) is 6.23 Å². The number of aromatic nitrogens is 2. The number of hydrogen-bond donors (Lipinski definition) is 1. The van der Waals surface area contributed by atoms with Gasteiger partial charge in [0.2, 0.25) is 0 Å². The number of hydrogen-bond acceptors (Lipinski definition) is 11. The van der Waals surface area contributed by atoms with Crippen molar-refractivity contribution in [2.24, 2.45) is 0 Å². The molecule has 0 bridgehead atoms. The summed E-state index contributed by atoms with van der Waals surface area (Å²) in [4.78, 5) is 28.4. The molecule has 6 rings (SSSR count).